The SMILES string of the molecule is O=C(CN1N=CN2NC(c3ccccc3)CC2C1=O)N1CCN(c2ccc(F)cc2)CC1. The van der Waals surface area contributed by atoms with E-state index in [1.165, 1.54) is 17.1 Å². The number of anilines is 1. The minimum absolute atomic E-state index is 0.0341. The lowest BCUT2D eigenvalue weighted by molar-refractivity contribution is -0.144. The lowest BCUT2D eigenvalue weighted by Crippen LogP contribution is -2.55. The molecule has 166 valence electrons. The van der Waals surface area contributed by atoms with Crippen LogP contribution in [0.5, 0.6) is 0 Å². The first-order valence-corrected chi connectivity index (χ1v) is 10.8. The minimum atomic E-state index is -0.374. The molecule has 2 fully saturated rings. The summed E-state index contributed by atoms with van der Waals surface area (Å²) in [5.41, 5.74) is 5.37. The van der Waals surface area contributed by atoms with Crippen LogP contribution in [0.25, 0.3) is 0 Å². The predicted molar refractivity (Wildman–Crippen MR) is 118 cm³/mol. The van der Waals surface area contributed by atoms with E-state index >= 15 is 0 Å². The number of rotatable bonds is 4. The molecule has 0 spiro atoms. The molecule has 0 radical (unpaired) electrons. The summed E-state index contributed by atoms with van der Waals surface area (Å²) in [5.74, 6) is -0.551. The van der Waals surface area contributed by atoms with Crippen molar-refractivity contribution >= 4 is 23.8 Å². The van der Waals surface area contributed by atoms with Gasteiger partial charge < -0.3 is 9.80 Å². The molecule has 2 atom stereocenters. The van der Waals surface area contributed by atoms with Crippen molar-refractivity contribution in [3.63, 3.8) is 0 Å². The number of hydrogen-bond donors (Lipinski definition) is 1. The molecule has 0 aliphatic carbocycles. The zero-order valence-electron chi connectivity index (χ0n) is 17.6. The number of carbonyl (C=O) groups excluding carboxylic acids is 2. The molecule has 9 heteroatoms. The van der Waals surface area contributed by atoms with Crippen molar-refractivity contribution in [2.75, 3.05) is 37.6 Å². The Balaban J connectivity index is 1.16. The van der Waals surface area contributed by atoms with Gasteiger partial charge in [0.2, 0.25) is 5.91 Å². The zero-order valence-corrected chi connectivity index (χ0v) is 17.6. The fourth-order valence-corrected chi connectivity index (χ4v) is 4.45. The Morgan fingerprint density at radius 3 is 2.47 bits per heavy atom. The van der Waals surface area contributed by atoms with E-state index in [1.54, 1.807) is 28.4 Å². The van der Waals surface area contributed by atoms with Gasteiger partial charge in [0, 0.05) is 31.9 Å². The lowest BCUT2D eigenvalue weighted by atomic mass is 10.0. The first-order valence-electron chi connectivity index (χ1n) is 10.8. The number of nitrogens with zero attached hydrogens (tertiary/aromatic N) is 5. The maximum atomic E-state index is 13.1. The standard InChI is InChI=1S/C23H25FN6O2/c24-18-6-8-19(9-7-18)27-10-12-28(13-11-27)22(31)15-29-23(32)21-14-20(26-30(21)16-25-29)17-4-2-1-3-5-17/h1-9,16,20-21,26H,10-15H2. The topological polar surface area (TPSA) is 71.5 Å². The minimum Gasteiger partial charge on any atom is -0.368 e. The van der Waals surface area contributed by atoms with E-state index in [0.29, 0.717) is 32.6 Å². The lowest BCUT2D eigenvalue weighted by Gasteiger charge is -2.37. The smallest absolute Gasteiger partial charge is 0.267 e. The molecule has 1 N–H and O–H groups in total. The summed E-state index contributed by atoms with van der Waals surface area (Å²) >= 11 is 0. The highest BCUT2D eigenvalue weighted by molar-refractivity contribution is 5.91. The van der Waals surface area contributed by atoms with Crippen LogP contribution in [0.1, 0.15) is 18.0 Å². The summed E-state index contributed by atoms with van der Waals surface area (Å²) in [5, 5.41) is 7.24. The van der Waals surface area contributed by atoms with Crippen molar-refractivity contribution in [3.05, 3.63) is 66.0 Å². The molecule has 3 aliphatic rings. The van der Waals surface area contributed by atoms with Crippen LogP contribution in [0.3, 0.4) is 0 Å². The molecule has 32 heavy (non-hydrogen) atoms. The number of benzene rings is 2. The Morgan fingerprint density at radius 1 is 1.03 bits per heavy atom. The van der Waals surface area contributed by atoms with Crippen LogP contribution in [0.2, 0.25) is 0 Å². The second-order valence-electron chi connectivity index (χ2n) is 8.22. The molecule has 2 aromatic rings. The molecular formula is C23H25FN6O2. The predicted octanol–water partition coefficient (Wildman–Crippen LogP) is 1.58. The number of carbonyl (C=O) groups is 2. The fourth-order valence-electron chi connectivity index (χ4n) is 4.45. The average Bonchev–Trinajstić information content (AvgIpc) is 3.27. The molecule has 2 saturated heterocycles. The Morgan fingerprint density at radius 2 is 1.75 bits per heavy atom. The highest BCUT2D eigenvalue weighted by Crippen LogP contribution is 2.29. The van der Waals surface area contributed by atoms with E-state index in [1.807, 2.05) is 30.3 Å². The first-order chi connectivity index (χ1) is 15.6. The van der Waals surface area contributed by atoms with Gasteiger partial charge in [-0.3, -0.25) is 14.6 Å². The van der Waals surface area contributed by atoms with Gasteiger partial charge in [-0.25, -0.2) is 14.8 Å². The largest absolute Gasteiger partial charge is 0.368 e. The number of fused-ring (bicyclic) bond motifs is 1. The molecule has 3 heterocycles. The van der Waals surface area contributed by atoms with Crippen LogP contribution in [0.15, 0.2) is 59.7 Å². The van der Waals surface area contributed by atoms with Crippen LogP contribution in [-0.2, 0) is 9.59 Å². The van der Waals surface area contributed by atoms with Crippen LogP contribution in [0.4, 0.5) is 10.1 Å². The molecule has 5 rings (SSSR count). The molecule has 2 unspecified atom stereocenters. The zero-order chi connectivity index (χ0) is 22.1. The highest BCUT2D eigenvalue weighted by atomic mass is 19.1. The number of hydrogen-bond acceptors (Lipinski definition) is 6. The molecule has 0 saturated carbocycles. The highest BCUT2D eigenvalue weighted by Gasteiger charge is 2.41. The third kappa shape index (κ3) is 4.03. The van der Waals surface area contributed by atoms with Crippen molar-refractivity contribution in [3.8, 4) is 0 Å². The van der Waals surface area contributed by atoms with Crippen LogP contribution in [0, 0.1) is 5.82 Å². The van der Waals surface area contributed by atoms with Gasteiger partial charge in [0.05, 0.1) is 6.04 Å². The van der Waals surface area contributed by atoms with Crippen LogP contribution in [-0.4, -0.2) is 71.8 Å². The van der Waals surface area contributed by atoms with Crippen molar-refractivity contribution in [2.45, 2.75) is 18.5 Å². The van der Waals surface area contributed by atoms with Gasteiger partial charge in [-0.2, -0.15) is 5.10 Å². The summed E-state index contributed by atoms with van der Waals surface area (Å²) in [6.07, 6.45) is 2.21. The van der Waals surface area contributed by atoms with Gasteiger partial charge in [0.25, 0.3) is 5.91 Å². The normalized spacial score (nSPS) is 23.0. The first kappa shape index (κ1) is 20.4. The summed E-state index contributed by atoms with van der Waals surface area (Å²) in [6.45, 7) is 2.36. The second-order valence-corrected chi connectivity index (χ2v) is 8.22. The third-order valence-electron chi connectivity index (χ3n) is 6.27. The summed E-state index contributed by atoms with van der Waals surface area (Å²) in [6, 6.07) is 16.0. The van der Waals surface area contributed by atoms with Crippen LogP contribution >= 0.6 is 0 Å². The van der Waals surface area contributed by atoms with E-state index in [2.05, 4.69) is 15.4 Å². The van der Waals surface area contributed by atoms with Crippen molar-refractivity contribution in [1.82, 2.24) is 20.3 Å². The number of hydrazone groups is 1. The summed E-state index contributed by atoms with van der Waals surface area (Å²) in [7, 11) is 0. The molecule has 2 amide bonds. The number of hydrazine groups is 1. The van der Waals surface area contributed by atoms with Crippen molar-refractivity contribution < 1.29 is 14.0 Å². The van der Waals surface area contributed by atoms with Gasteiger partial charge in [0.15, 0.2) is 0 Å². The number of halogens is 1. The van der Waals surface area contributed by atoms with E-state index < -0.39 is 0 Å². The van der Waals surface area contributed by atoms with Gasteiger partial charge in [-0.15, -0.1) is 0 Å². The second kappa shape index (κ2) is 8.58. The van der Waals surface area contributed by atoms with Crippen LogP contribution < -0.4 is 10.3 Å². The van der Waals surface area contributed by atoms with Crippen molar-refractivity contribution in [1.29, 1.82) is 0 Å². The molecule has 2 aromatic carbocycles. The molecule has 0 aromatic heterocycles. The summed E-state index contributed by atoms with van der Waals surface area (Å²) in [4.78, 5) is 29.7. The maximum absolute atomic E-state index is 13.1. The molecule has 8 nitrogen and oxygen atoms in total. The van der Waals surface area contributed by atoms with Gasteiger partial charge in [-0.05, 0) is 36.2 Å². The Bertz CT molecular complexity index is 1010. The van der Waals surface area contributed by atoms with Gasteiger partial charge >= 0.3 is 0 Å². The van der Waals surface area contributed by atoms with E-state index in [9.17, 15) is 14.0 Å². The maximum Gasteiger partial charge on any atom is 0.267 e. The average molecular weight is 436 g/mol. The van der Waals surface area contributed by atoms with E-state index in [-0.39, 0.29) is 36.3 Å². The number of amides is 2. The molecule has 3 aliphatic heterocycles. The third-order valence-corrected chi connectivity index (χ3v) is 6.27. The van der Waals surface area contributed by atoms with Gasteiger partial charge in [-0.1, -0.05) is 30.3 Å². The Labute approximate surface area is 185 Å². The van der Waals surface area contributed by atoms with Gasteiger partial charge in [0.1, 0.15) is 24.7 Å². The monoisotopic (exact) mass is 436 g/mol. The Hall–Kier alpha value is -3.46. The van der Waals surface area contributed by atoms with Crippen molar-refractivity contribution in [2.24, 2.45) is 5.10 Å². The quantitative estimate of drug-likeness (QED) is 0.788. The molecule has 0 bridgehead atoms. The fraction of sp³-hybridized carbons (Fsp3) is 0.348. The number of piperazine rings is 1. The number of nitrogens with one attached hydrogen (secondary N) is 1. The summed E-state index contributed by atoms with van der Waals surface area (Å²) < 4.78 is 13.1. The van der Waals surface area contributed by atoms with E-state index in [0.717, 1.165) is 11.3 Å². The molecular weight excluding hydrogens is 411 g/mol. The van der Waals surface area contributed by atoms with E-state index in [4.69, 9.17) is 0 Å². The Kier molecular flexibility index (Phi) is 5.48.